The van der Waals surface area contributed by atoms with Gasteiger partial charge in [-0.25, -0.2) is 0 Å². The number of fused-ring (bicyclic) bond motifs is 1. The molecule has 3 amide bonds. The van der Waals surface area contributed by atoms with Crippen LogP contribution >= 0.6 is 11.6 Å². The van der Waals surface area contributed by atoms with Gasteiger partial charge in [-0.3, -0.25) is 14.4 Å². The van der Waals surface area contributed by atoms with Crippen LogP contribution < -0.4 is 15.4 Å². The van der Waals surface area contributed by atoms with E-state index in [1.54, 1.807) is 42.3 Å². The van der Waals surface area contributed by atoms with Gasteiger partial charge in [0.2, 0.25) is 17.7 Å². The minimum atomic E-state index is -1.22. The Balaban J connectivity index is 1.32. The molecule has 3 heterocycles. The van der Waals surface area contributed by atoms with Crippen molar-refractivity contribution in [2.45, 2.75) is 62.4 Å². The maximum absolute atomic E-state index is 14.1. The van der Waals surface area contributed by atoms with E-state index < -0.39 is 29.6 Å². The number of halogens is 1. The number of carbonyl (C=O) groups excluding carboxylic acids is 3. The molecule has 4 aliphatic rings. The maximum Gasteiger partial charge on any atom is 0.246 e. The number of nitrogens with one attached hydrogen (secondary N) is 2. The van der Waals surface area contributed by atoms with Gasteiger partial charge in [-0.05, 0) is 48.7 Å². The van der Waals surface area contributed by atoms with E-state index in [-0.39, 0.29) is 30.3 Å². The summed E-state index contributed by atoms with van der Waals surface area (Å²) in [6.07, 6.45) is 8.19. The molecule has 5 atom stereocenters. The first-order valence-electron chi connectivity index (χ1n) is 13.6. The largest absolute Gasteiger partial charge is 0.497 e. The molecule has 6 rings (SSSR count). The molecule has 9 heteroatoms. The Hall–Kier alpha value is -3.36. The second kappa shape index (κ2) is 10.3. The van der Waals surface area contributed by atoms with E-state index in [4.69, 9.17) is 21.1 Å². The van der Waals surface area contributed by atoms with Crippen LogP contribution in [0.3, 0.4) is 0 Å². The molecule has 204 valence electrons. The van der Waals surface area contributed by atoms with E-state index in [9.17, 15) is 14.4 Å². The van der Waals surface area contributed by atoms with Crippen LogP contribution in [0.5, 0.6) is 5.75 Å². The van der Waals surface area contributed by atoms with Crippen LogP contribution in [0.2, 0.25) is 5.02 Å². The summed E-state index contributed by atoms with van der Waals surface area (Å²) in [6, 6.07) is 13.5. The highest BCUT2D eigenvalue weighted by Crippen LogP contribution is 2.55. The number of rotatable bonds is 7. The standard InChI is InChI=1S/C30H32ClN3O5/c1-38-21-13-11-20(12-14-21)32-27(35)24-23-15-16-30(39-23)25(24)29(37)34(17-18-7-5-6-10-22(18)31)26(30)28(36)33-19-8-3-2-4-9-19/h5-7,10-16,19,23-26H,2-4,8-9,17H2,1H3,(H,32,35)(H,33,36)/t23-,24+,25-,26-,30-/m0/s1. The lowest BCUT2D eigenvalue weighted by Gasteiger charge is -2.34. The minimum absolute atomic E-state index is 0.0655. The fourth-order valence-corrected chi connectivity index (χ4v) is 6.87. The average Bonchev–Trinajstić information content (AvgIpc) is 3.58. The van der Waals surface area contributed by atoms with E-state index >= 15 is 0 Å². The molecule has 3 fully saturated rings. The van der Waals surface area contributed by atoms with Crippen molar-refractivity contribution in [3.8, 4) is 5.75 Å². The van der Waals surface area contributed by atoms with Crippen LogP contribution in [0.1, 0.15) is 37.7 Å². The molecule has 2 bridgehead atoms. The van der Waals surface area contributed by atoms with Gasteiger partial charge in [-0.15, -0.1) is 0 Å². The Morgan fingerprint density at radius 3 is 2.54 bits per heavy atom. The Labute approximate surface area is 232 Å². The number of hydrogen-bond acceptors (Lipinski definition) is 5. The molecule has 1 aliphatic carbocycles. The zero-order valence-electron chi connectivity index (χ0n) is 21.8. The summed E-state index contributed by atoms with van der Waals surface area (Å²) in [4.78, 5) is 43.2. The molecule has 0 aromatic heterocycles. The number of methoxy groups -OCH3 is 1. The topological polar surface area (TPSA) is 97.0 Å². The molecule has 1 saturated carbocycles. The fraction of sp³-hybridized carbons (Fsp3) is 0.433. The first kappa shape index (κ1) is 25.9. The van der Waals surface area contributed by atoms with Gasteiger partial charge in [-0.1, -0.05) is 61.2 Å². The molecule has 8 nitrogen and oxygen atoms in total. The second-order valence-corrected chi connectivity index (χ2v) is 11.2. The molecule has 2 aromatic carbocycles. The van der Waals surface area contributed by atoms with Gasteiger partial charge in [0.15, 0.2) is 0 Å². The number of hydrogen-bond donors (Lipinski definition) is 2. The Morgan fingerprint density at radius 2 is 1.82 bits per heavy atom. The van der Waals surface area contributed by atoms with Crippen molar-refractivity contribution in [3.63, 3.8) is 0 Å². The lowest BCUT2D eigenvalue weighted by molar-refractivity contribution is -0.142. The lowest BCUT2D eigenvalue weighted by Crippen LogP contribution is -2.56. The third-order valence-electron chi connectivity index (χ3n) is 8.53. The van der Waals surface area contributed by atoms with Crippen LogP contribution in [0.15, 0.2) is 60.7 Å². The van der Waals surface area contributed by atoms with Crippen LogP contribution in [0.4, 0.5) is 5.69 Å². The molecule has 2 saturated heterocycles. The smallest absolute Gasteiger partial charge is 0.246 e. The van der Waals surface area contributed by atoms with Gasteiger partial charge in [0, 0.05) is 23.3 Å². The van der Waals surface area contributed by atoms with Crippen molar-refractivity contribution >= 4 is 35.0 Å². The normalized spacial score (nSPS) is 29.4. The van der Waals surface area contributed by atoms with Crippen LogP contribution in [-0.2, 0) is 25.7 Å². The molecule has 1 spiro atoms. The first-order valence-corrected chi connectivity index (χ1v) is 14.0. The highest BCUT2D eigenvalue weighted by atomic mass is 35.5. The molecule has 0 radical (unpaired) electrons. The molecule has 39 heavy (non-hydrogen) atoms. The van der Waals surface area contributed by atoms with Gasteiger partial charge < -0.3 is 25.0 Å². The zero-order chi connectivity index (χ0) is 27.1. The number of likely N-dealkylation sites (tertiary alicyclic amines) is 1. The summed E-state index contributed by atoms with van der Waals surface area (Å²) in [5.74, 6) is -1.76. The van der Waals surface area contributed by atoms with Gasteiger partial charge >= 0.3 is 0 Å². The van der Waals surface area contributed by atoms with E-state index in [0.717, 1.165) is 37.7 Å². The monoisotopic (exact) mass is 549 g/mol. The molecule has 3 aliphatic heterocycles. The Bertz CT molecular complexity index is 1310. The maximum atomic E-state index is 14.1. The number of benzene rings is 2. The van der Waals surface area contributed by atoms with Crippen molar-refractivity contribution in [3.05, 3.63) is 71.3 Å². The molecule has 0 unspecified atom stereocenters. The van der Waals surface area contributed by atoms with Crippen LogP contribution in [0, 0.1) is 11.8 Å². The van der Waals surface area contributed by atoms with Crippen molar-refractivity contribution in [1.29, 1.82) is 0 Å². The predicted molar refractivity (Wildman–Crippen MR) is 146 cm³/mol. The van der Waals surface area contributed by atoms with Crippen molar-refractivity contribution < 1.29 is 23.9 Å². The summed E-state index contributed by atoms with van der Waals surface area (Å²) in [5, 5.41) is 6.65. The summed E-state index contributed by atoms with van der Waals surface area (Å²) in [7, 11) is 1.58. The summed E-state index contributed by atoms with van der Waals surface area (Å²) >= 11 is 6.46. The SMILES string of the molecule is COc1ccc(NC(=O)[C@@H]2[C@@H]3C=C[C@]4(O3)[C@@H]2C(=O)N(Cc2ccccc2Cl)[C@H]4C(=O)NC2CCCCC2)cc1. The van der Waals surface area contributed by atoms with Crippen molar-refractivity contribution in [2.24, 2.45) is 11.8 Å². The van der Waals surface area contributed by atoms with Gasteiger partial charge in [-0.2, -0.15) is 0 Å². The average molecular weight is 550 g/mol. The third-order valence-corrected chi connectivity index (χ3v) is 8.90. The highest BCUT2D eigenvalue weighted by molar-refractivity contribution is 6.31. The Kier molecular flexibility index (Phi) is 6.85. The van der Waals surface area contributed by atoms with E-state index in [1.165, 1.54) is 0 Å². The quantitative estimate of drug-likeness (QED) is 0.507. The third kappa shape index (κ3) is 4.49. The lowest BCUT2D eigenvalue weighted by atomic mass is 9.74. The summed E-state index contributed by atoms with van der Waals surface area (Å²) in [6.45, 7) is 0.147. The first-order chi connectivity index (χ1) is 18.9. The van der Waals surface area contributed by atoms with Crippen molar-refractivity contribution in [1.82, 2.24) is 10.2 Å². The number of anilines is 1. The van der Waals surface area contributed by atoms with E-state index in [1.807, 2.05) is 30.4 Å². The van der Waals surface area contributed by atoms with Gasteiger partial charge in [0.05, 0.1) is 25.0 Å². The van der Waals surface area contributed by atoms with E-state index in [2.05, 4.69) is 10.6 Å². The molecular weight excluding hydrogens is 518 g/mol. The number of ether oxygens (including phenoxy) is 2. The minimum Gasteiger partial charge on any atom is -0.497 e. The number of nitrogens with zero attached hydrogens (tertiary/aromatic N) is 1. The van der Waals surface area contributed by atoms with Crippen LogP contribution in [-0.4, -0.2) is 53.5 Å². The number of amides is 3. The van der Waals surface area contributed by atoms with Crippen molar-refractivity contribution in [2.75, 3.05) is 12.4 Å². The van der Waals surface area contributed by atoms with E-state index in [0.29, 0.717) is 16.5 Å². The van der Waals surface area contributed by atoms with Gasteiger partial charge in [0.1, 0.15) is 17.4 Å². The van der Waals surface area contributed by atoms with Crippen LogP contribution in [0.25, 0.3) is 0 Å². The summed E-state index contributed by atoms with van der Waals surface area (Å²) in [5.41, 5.74) is 0.104. The molecule has 2 aromatic rings. The van der Waals surface area contributed by atoms with Gasteiger partial charge in [0.25, 0.3) is 0 Å². The molecule has 2 N–H and O–H groups in total. The number of carbonyl (C=O) groups is 3. The molecular formula is C30H32ClN3O5. The highest BCUT2D eigenvalue weighted by Gasteiger charge is 2.72. The summed E-state index contributed by atoms with van der Waals surface area (Å²) < 4.78 is 11.6. The zero-order valence-corrected chi connectivity index (χ0v) is 22.5. The Morgan fingerprint density at radius 1 is 1.08 bits per heavy atom. The predicted octanol–water partition coefficient (Wildman–Crippen LogP) is 4.09. The fourth-order valence-electron chi connectivity index (χ4n) is 6.67. The second-order valence-electron chi connectivity index (χ2n) is 10.8.